The molecule has 0 saturated carbocycles. The molecule has 1 aromatic heterocycles. The maximum Gasteiger partial charge on any atom is 0.418 e. The van der Waals surface area contributed by atoms with Crippen molar-refractivity contribution < 1.29 is 23.1 Å². The summed E-state index contributed by atoms with van der Waals surface area (Å²) in [4.78, 5) is 16.8. The summed E-state index contributed by atoms with van der Waals surface area (Å²) < 4.78 is 39.0. The van der Waals surface area contributed by atoms with Gasteiger partial charge in [0.2, 0.25) is 0 Å². The number of nitrogens with one attached hydrogen (secondary N) is 2. The van der Waals surface area contributed by atoms with Gasteiger partial charge < -0.3 is 10.4 Å². The Labute approximate surface area is 162 Å². The molecule has 0 saturated heterocycles. The zero-order chi connectivity index (χ0) is 20.1. The largest absolute Gasteiger partial charge is 0.418 e. The van der Waals surface area contributed by atoms with Gasteiger partial charge in [-0.25, -0.2) is 4.98 Å². The van der Waals surface area contributed by atoms with Gasteiger partial charge >= 0.3 is 6.18 Å². The molecular weight excluding hydrogens is 391 g/mol. The maximum absolute atomic E-state index is 13.0. The van der Waals surface area contributed by atoms with Gasteiger partial charge in [0.1, 0.15) is 0 Å². The van der Waals surface area contributed by atoms with Gasteiger partial charge in [0.15, 0.2) is 5.13 Å². The Kier molecular flexibility index (Phi) is 5.96. The fourth-order valence-corrected chi connectivity index (χ4v) is 3.13. The Bertz CT molecular complexity index is 956. The zero-order valence-electron chi connectivity index (χ0n) is 14.5. The number of para-hydroxylation sites is 1. The third-order valence-corrected chi connectivity index (χ3v) is 4.76. The lowest BCUT2D eigenvalue weighted by atomic mass is 10.1. The second-order valence-corrected chi connectivity index (χ2v) is 6.95. The third-order valence-electron chi connectivity index (χ3n) is 3.86. The van der Waals surface area contributed by atoms with Gasteiger partial charge in [0, 0.05) is 24.0 Å². The van der Waals surface area contributed by atoms with Crippen molar-refractivity contribution in [2.75, 3.05) is 10.6 Å². The van der Waals surface area contributed by atoms with Gasteiger partial charge in [-0.05, 0) is 29.8 Å². The standard InChI is InChI=1S/C19H16F3N3O2S/c20-19(21,22)15-3-1-2-4-16(15)23-9-12-5-7-13(8-6-12)17(27)25-18-24-10-14(11-26)28-18/h1-8,10,23,26H,9,11H2,(H,24,25,27). The molecular formula is C19H16F3N3O2S. The zero-order valence-corrected chi connectivity index (χ0v) is 15.3. The minimum atomic E-state index is -4.43. The fraction of sp³-hybridized carbons (Fsp3) is 0.158. The summed E-state index contributed by atoms with van der Waals surface area (Å²) in [7, 11) is 0. The van der Waals surface area contributed by atoms with Gasteiger partial charge in [-0.1, -0.05) is 35.6 Å². The van der Waals surface area contributed by atoms with E-state index in [4.69, 9.17) is 5.11 Å². The molecule has 1 amide bonds. The normalized spacial score (nSPS) is 11.3. The van der Waals surface area contributed by atoms with E-state index in [0.717, 1.165) is 11.6 Å². The lowest BCUT2D eigenvalue weighted by Gasteiger charge is -2.14. The van der Waals surface area contributed by atoms with Gasteiger partial charge in [0.05, 0.1) is 17.0 Å². The number of aromatic nitrogens is 1. The number of halogens is 3. The van der Waals surface area contributed by atoms with Crippen molar-refractivity contribution in [2.45, 2.75) is 19.3 Å². The lowest BCUT2D eigenvalue weighted by molar-refractivity contribution is -0.137. The molecule has 146 valence electrons. The molecule has 0 aliphatic heterocycles. The van der Waals surface area contributed by atoms with Gasteiger partial charge in [-0.15, -0.1) is 0 Å². The quantitative estimate of drug-likeness (QED) is 0.562. The van der Waals surface area contributed by atoms with Crippen LogP contribution in [-0.4, -0.2) is 16.0 Å². The Balaban J connectivity index is 1.63. The van der Waals surface area contributed by atoms with E-state index in [0.29, 0.717) is 15.6 Å². The van der Waals surface area contributed by atoms with Gasteiger partial charge in [-0.3, -0.25) is 10.1 Å². The number of amides is 1. The highest BCUT2D eigenvalue weighted by Gasteiger charge is 2.33. The van der Waals surface area contributed by atoms with Crippen LogP contribution >= 0.6 is 11.3 Å². The number of aliphatic hydroxyl groups is 1. The second-order valence-electron chi connectivity index (χ2n) is 5.84. The molecule has 2 aromatic carbocycles. The molecule has 3 rings (SSSR count). The van der Waals surface area contributed by atoms with Crippen LogP contribution in [0.2, 0.25) is 0 Å². The highest BCUT2D eigenvalue weighted by atomic mass is 32.1. The van der Waals surface area contributed by atoms with Gasteiger partial charge in [0.25, 0.3) is 5.91 Å². The number of benzene rings is 2. The third kappa shape index (κ3) is 4.87. The molecule has 3 N–H and O–H groups in total. The molecule has 0 aliphatic carbocycles. The predicted octanol–water partition coefficient (Wildman–Crippen LogP) is 4.52. The number of anilines is 2. The number of hydrogen-bond donors (Lipinski definition) is 3. The number of thiazole rings is 1. The molecule has 0 radical (unpaired) electrons. The predicted molar refractivity (Wildman–Crippen MR) is 101 cm³/mol. The highest BCUT2D eigenvalue weighted by molar-refractivity contribution is 7.15. The molecule has 0 atom stereocenters. The lowest BCUT2D eigenvalue weighted by Crippen LogP contribution is -2.12. The number of nitrogens with zero attached hydrogens (tertiary/aromatic N) is 1. The molecule has 0 aliphatic rings. The first-order valence-corrected chi connectivity index (χ1v) is 9.04. The van der Waals surface area contributed by atoms with Crippen LogP contribution in [0.5, 0.6) is 0 Å². The fourth-order valence-electron chi connectivity index (χ4n) is 2.46. The van der Waals surface area contributed by atoms with E-state index in [-0.39, 0.29) is 24.7 Å². The van der Waals surface area contributed by atoms with E-state index in [1.165, 1.54) is 35.7 Å². The van der Waals surface area contributed by atoms with E-state index in [2.05, 4.69) is 15.6 Å². The van der Waals surface area contributed by atoms with Crippen LogP contribution < -0.4 is 10.6 Å². The topological polar surface area (TPSA) is 74.2 Å². The van der Waals surface area contributed by atoms with Crippen molar-refractivity contribution in [3.8, 4) is 0 Å². The number of carbonyl (C=O) groups is 1. The van der Waals surface area contributed by atoms with Crippen LogP contribution in [-0.2, 0) is 19.3 Å². The number of aliphatic hydroxyl groups excluding tert-OH is 1. The summed E-state index contributed by atoms with van der Waals surface area (Å²) in [5, 5.41) is 14.8. The van der Waals surface area contributed by atoms with Crippen molar-refractivity contribution in [1.82, 2.24) is 4.98 Å². The molecule has 28 heavy (non-hydrogen) atoms. The average Bonchev–Trinajstić information content (AvgIpc) is 3.14. The van der Waals surface area contributed by atoms with E-state index in [9.17, 15) is 18.0 Å². The first-order valence-electron chi connectivity index (χ1n) is 8.23. The van der Waals surface area contributed by atoms with Crippen LogP contribution in [0.4, 0.5) is 24.0 Å². The molecule has 3 aromatic rings. The smallest absolute Gasteiger partial charge is 0.391 e. The van der Waals surface area contributed by atoms with Crippen molar-refractivity contribution in [3.05, 3.63) is 76.3 Å². The Hall–Kier alpha value is -2.91. The van der Waals surface area contributed by atoms with Crippen molar-refractivity contribution in [3.63, 3.8) is 0 Å². The number of rotatable bonds is 6. The van der Waals surface area contributed by atoms with Gasteiger partial charge in [-0.2, -0.15) is 13.2 Å². The van der Waals surface area contributed by atoms with E-state index >= 15 is 0 Å². The van der Waals surface area contributed by atoms with Crippen molar-refractivity contribution in [2.24, 2.45) is 0 Å². The molecule has 5 nitrogen and oxygen atoms in total. The van der Waals surface area contributed by atoms with Crippen LogP contribution in [0.1, 0.15) is 26.4 Å². The van der Waals surface area contributed by atoms with Crippen LogP contribution in [0.3, 0.4) is 0 Å². The first-order chi connectivity index (χ1) is 13.4. The minimum Gasteiger partial charge on any atom is -0.391 e. The molecule has 0 unspecified atom stereocenters. The number of hydrogen-bond acceptors (Lipinski definition) is 5. The van der Waals surface area contributed by atoms with Crippen LogP contribution in [0, 0.1) is 0 Å². The van der Waals surface area contributed by atoms with E-state index in [1.807, 2.05) is 0 Å². The molecule has 9 heteroatoms. The summed E-state index contributed by atoms with van der Waals surface area (Å²) >= 11 is 1.17. The monoisotopic (exact) mass is 407 g/mol. The Morgan fingerprint density at radius 2 is 1.82 bits per heavy atom. The Morgan fingerprint density at radius 3 is 2.46 bits per heavy atom. The second kappa shape index (κ2) is 8.41. The highest BCUT2D eigenvalue weighted by Crippen LogP contribution is 2.34. The number of carbonyl (C=O) groups excluding carboxylic acids is 1. The first kappa shape index (κ1) is 19.8. The van der Waals surface area contributed by atoms with Crippen LogP contribution in [0.15, 0.2) is 54.7 Å². The molecule has 0 fully saturated rings. The van der Waals surface area contributed by atoms with Crippen LogP contribution in [0.25, 0.3) is 0 Å². The summed E-state index contributed by atoms with van der Waals surface area (Å²) in [5.74, 6) is -0.360. The Morgan fingerprint density at radius 1 is 1.11 bits per heavy atom. The summed E-state index contributed by atoms with van der Waals surface area (Å²) in [6.45, 7) is 0.0357. The van der Waals surface area contributed by atoms with E-state index < -0.39 is 11.7 Å². The van der Waals surface area contributed by atoms with Crippen molar-refractivity contribution >= 4 is 28.1 Å². The summed E-state index contributed by atoms with van der Waals surface area (Å²) in [5.41, 5.74) is 0.391. The SMILES string of the molecule is O=C(Nc1ncc(CO)s1)c1ccc(CNc2ccccc2C(F)(F)F)cc1. The minimum absolute atomic E-state index is 0.000256. The average molecular weight is 407 g/mol. The molecule has 0 spiro atoms. The summed E-state index contributed by atoms with van der Waals surface area (Å²) in [6, 6.07) is 11.8. The molecule has 0 bridgehead atoms. The molecule has 1 heterocycles. The van der Waals surface area contributed by atoms with Crippen molar-refractivity contribution in [1.29, 1.82) is 0 Å². The van der Waals surface area contributed by atoms with E-state index in [1.54, 1.807) is 24.3 Å². The number of alkyl halides is 3. The maximum atomic E-state index is 13.0. The summed E-state index contributed by atoms with van der Waals surface area (Å²) in [6.07, 6.45) is -2.95.